The van der Waals surface area contributed by atoms with Gasteiger partial charge in [-0.25, -0.2) is 4.39 Å². The number of likely N-dealkylation sites (N-methyl/N-ethyl adjacent to an activating group) is 1. The molecule has 0 saturated carbocycles. The predicted octanol–water partition coefficient (Wildman–Crippen LogP) is 3.22. The van der Waals surface area contributed by atoms with Crippen LogP contribution in [0.3, 0.4) is 0 Å². The number of aromatic hydroxyl groups is 1. The molecule has 2 fully saturated rings. The van der Waals surface area contributed by atoms with Crippen molar-refractivity contribution in [3.8, 4) is 17.0 Å². The first-order chi connectivity index (χ1) is 15.6. The lowest BCUT2D eigenvalue weighted by Gasteiger charge is -2.43. The Hall–Kier alpha value is -2.45. The fourth-order valence-electron chi connectivity index (χ4n) is 5.99. The number of fused-ring (bicyclic) bond motifs is 3. The van der Waals surface area contributed by atoms with Crippen molar-refractivity contribution in [3.05, 3.63) is 30.1 Å². The maximum Gasteiger partial charge on any atom is 0.172 e. The SMILES string of the molecule is CCN(C1CCNCC1)[C@H]1CN2c3cc(-c4cccc(F)c4O)nnc3NC[C@@]2(CC)C1. The van der Waals surface area contributed by atoms with Gasteiger partial charge in [-0.3, -0.25) is 4.90 Å². The largest absolute Gasteiger partial charge is 0.504 e. The molecule has 0 radical (unpaired) electrons. The summed E-state index contributed by atoms with van der Waals surface area (Å²) < 4.78 is 14.0. The molecule has 0 amide bonds. The van der Waals surface area contributed by atoms with Crippen LogP contribution in [0.15, 0.2) is 24.3 Å². The highest BCUT2D eigenvalue weighted by atomic mass is 19.1. The van der Waals surface area contributed by atoms with Gasteiger partial charge in [-0.05, 0) is 63.5 Å². The van der Waals surface area contributed by atoms with Crippen LogP contribution in [0.2, 0.25) is 0 Å². The molecule has 8 heteroatoms. The summed E-state index contributed by atoms with van der Waals surface area (Å²) in [4.78, 5) is 5.21. The zero-order valence-electron chi connectivity index (χ0n) is 18.9. The van der Waals surface area contributed by atoms with Crippen molar-refractivity contribution in [2.45, 2.75) is 57.2 Å². The van der Waals surface area contributed by atoms with Crippen LogP contribution in [0.1, 0.15) is 39.5 Å². The Morgan fingerprint density at radius 3 is 2.78 bits per heavy atom. The van der Waals surface area contributed by atoms with Crippen molar-refractivity contribution in [3.63, 3.8) is 0 Å². The summed E-state index contributed by atoms with van der Waals surface area (Å²) in [5, 5.41) is 25.9. The van der Waals surface area contributed by atoms with Gasteiger partial charge < -0.3 is 20.6 Å². The van der Waals surface area contributed by atoms with Crippen molar-refractivity contribution in [1.29, 1.82) is 0 Å². The third kappa shape index (κ3) is 3.49. The van der Waals surface area contributed by atoms with Crippen LogP contribution in [0.4, 0.5) is 15.9 Å². The molecular formula is C24H33FN6O. The molecule has 3 N–H and O–H groups in total. The van der Waals surface area contributed by atoms with Crippen LogP contribution >= 0.6 is 0 Å². The first-order valence-electron chi connectivity index (χ1n) is 11.9. The normalized spacial score (nSPS) is 25.5. The van der Waals surface area contributed by atoms with Crippen molar-refractivity contribution < 1.29 is 9.50 Å². The van der Waals surface area contributed by atoms with Crippen molar-refractivity contribution >= 4 is 11.5 Å². The van der Waals surface area contributed by atoms with Gasteiger partial charge in [0.25, 0.3) is 0 Å². The minimum Gasteiger partial charge on any atom is -0.504 e. The predicted molar refractivity (Wildman–Crippen MR) is 125 cm³/mol. The van der Waals surface area contributed by atoms with Gasteiger partial charge in [-0.2, -0.15) is 0 Å². The second kappa shape index (κ2) is 8.48. The van der Waals surface area contributed by atoms with Crippen molar-refractivity contribution in [2.24, 2.45) is 0 Å². The zero-order valence-corrected chi connectivity index (χ0v) is 18.9. The van der Waals surface area contributed by atoms with Crippen LogP contribution in [-0.2, 0) is 0 Å². The number of benzene rings is 1. The number of para-hydroxylation sites is 1. The summed E-state index contributed by atoms with van der Waals surface area (Å²) in [6, 6.07) is 7.58. The lowest BCUT2D eigenvalue weighted by atomic mass is 9.88. The van der Waals surface area contributed by atoms with E-state index in [0.717, 1.165) is 57.1 Å². The van der Waals surface area contributed by atoms with E-state index in [-0.39, 0.29) is 11.3 Å². The van der Waals surface area contributed by atoms with Gasteiger partial charge in [-0.1, -0.05) is 19.9 Å². The molecule has 172 valence electrons. The second-order valence-corrected chi connectivity index (χ2v) is 9.31. The Morgan fingerprint density at radius 1 is 1.22 bits per heavy atom. The number of nitrogens with one attached hydrogen (secondary N) is 2. The van der Waals surface area contributed by atoms with E-state index in [0.29, 0.717) is 23.3 Å². The van der Waals surface area contributed by atoms with Crippen LogP contribution in [0, 0.1) is 5.82 Å². The number of phenols is 1. The molecule has 0 aliphatic carbocycles. The lowest BCUT2D eigenvalue weighted by molar-refractivity contribution is 0.120. The van der Waals surface area contributed by atoms with E-state index in [4.69, 9.17) is 0 Å². The summed E-state index contributed by atoms with van der Waals surface area (Å²) in [5.74, 6) is -0.265. The molecule has 0 unspecified atom stereocenters. The number of hydrogen-bond donors (Lipinski definition) is 3. The van der Waals surface area contributed by atoms with E-state index in [2.05, 4.69) is 44.5 Å². The number of hydrogen-bond acceptors (Lipinski definition) is 7. The first kappa shape index (κ1) is 21.4. The molecule has 2 aromatic rings. The Labute approximate surface area is 189 Å². The minimum absolute atomic E-state index is 0.0162. The van der Waals surface area contributed by atoms with Crippen LogP contribution in [-0.4, -0.2) is 70.6 Å². The lowest BCUT2D eigenvalue weighted by Crippen LogP contribution is -2.52. The van der Waals surface area contributed by atoms with Gasteiger partial charge in [0, 0.05) is 30.7 Å². The van der Waals surface area contributed by atoms with E-state index in [9.17, 15) is 9.50 Å². The second-order valence-electron chi connectivity index (χ2n) is 9.31. The van der Waals surface area contributed by atoms with Gasteiger partial charge in [0.15, 0.2) is 17.4 Å². The number of halogens is 1. The molecule has 32 heavy (non-hydrogen) atoms. The van der Waals surface area contributed by atoms with Gasteiger partial charge in [0.05, 0.1) is 16.9 Å². The Bertz CT molecular complexity index is 981. The molecular weight excluding hydrogens is 407 g/mol. The molecule has 0 bridgehead atoms. The topological polar surface area (TPSA) is 76.5 Å². The first-order valence-corrected chi connectivity index (χ1v) is 11.9. The third-order valence-corrected chi connectivity index (χ3v) is 7.76. The van der Waals surface area contributed by atoms with Crippen LogP contribution in [0.25, 0.3) is 11.3 Å². The molecule has 4 heterocycles. The highest BCUT2D eigenvalue weighted by Crippen LogP contribution is 2.46. The minimum atomic E-state index is -0.648. The Balaban J connectivity index is 1.49. The maximum atomic E-state index is 14.0. The number of phenolic OH excluding ortho intramolecular Hbond substituents is 1. The number of nitrogens with zero attached hydrogens (tertiary/aromatic N) is 4. The number of anilines is 2. The Morgan fingerprint density at radius 2 is 2.03 bits per heavy atom. The van der Waals surface area contributed by atoms with Crippen molar-refractivity contribution in [1.82, 2.24) is 20.4 Å². The summed E-state index contributed by atoms with van der Waals surface area (Å²) >= 11 is 0. The Kier molecular flexibility index (Phi) is 5.67. The van der Waals surface area contributed by atoms with Crippen LogP contribution < -0.4 is 15.5 Å². The molecule has 1 aromatic carbocycles. The van der Waals surface area contributed by atoms with Gasteiger partial charge in [-0.15, -0.1) is 10.2 Å². The molecule has 2 saturated heterocycles. The fourth-order valence-corrected chi connectivity index (χ4v) is 5.99. The number of rotatable bonds is 5. The van der Waals surface area contributed by atoms with Crippen molar-refractivity contribution in [2.75, 3.05) is 42.9 Å². The van der Waals surface area contributed by atoms with Gasteiger partial charge in [0.1, 0.15) is 0 Å². The molecule has 1 aromatic heterocycles. The standard InChI is InChI=1S/C24H33FN6O/c1-3-24-13-17(30(4-2)16-8-10-26-11-9-16)14-31(24)21-12-20(28-29-23(21)27-15-24)18-6-5-7-19(25)22(18)32/h5-7,12,16-17,26,32H,3-4,8-11,13-15H2,1-2H3,(H,27,29)/t17-,24-/m1/s1. The molecule has 0 spiro atoms. The summed E-state index contributed by atoms with van der Waals surface area (Å²) in [5.41, 5.74) is 1.87. The monoisotopic (exact) mass is 440 g/mol. The molecule has 3 aliphatic rings. The van der Waals surface area contributed by atoms with E-state index in [1.807, 2.05) is 6.07 Å². The van der Waals surface area contributed by atoms with E-state index < -0.39 is 5.82 Å². The summed E-state index contributed by atoms with van der Waals surface area (Å²) in [6.45, 7) is 9.57. The van der Waals surface area contributed by atoms with Gasteiger partial charge in [0.2, 0.25) is 0 Å². The molecule has 2 atom stereocenters. The number of aromatic nitrogens is 2. The highest BCUT2D eigenvalue weighted by Gasteiger charge is 2.49. The average molecular weight is 441 g/mol. The van der Waals surface area contributed by atoms with E-state index in [1.165, 1.54) is 18.9 Å². The molecule has 7 nitrogen and oxygen atoms in total. The summed E-state index contributed by atoms with van der Waals surface area (Å²) in [7, 11) is 0. The smallest absolute Gasteiger partial charge is 0.172 e. The summed E-state index contributed by atoms with van der Waals surface area (Å²) in [6.07, 6.45) is 4.54. The fraction of sp³-hybridized carbons (Fsp3) is 0.583. The van der Waals surface area contributed by atoms with Crippen LogP contribution in [0.5, 0.6) is 5.75 Å². The average Bonchev–Trinajstić information content (AvgIpc) is 3.22. The van der Waals surface area contributed by atoms with E-state index in [1.54, 1.807) is 12.1 Å². The number of piperidine rings is 1. The maximum absolute atomic E-state index is 14.0. The highest BCUT2D eigenvalue weighted by molar-refractivity contribution is 5.77. The van der Waals surface area contributed by atoms with E-state index >= 15 is 0 Å². The zero-order chi connectivity index (χ0) is 22.3. The third-order valence-electron chi connectivity index (χ3n) is 7.76. The quantitative estimate of drug-likeness (QED) is 0.659. The van der Waals surface area contributed by atoms with Gasteiger partial charge >= 0.3 is 0 Å². The molecule has 5 rings (SSSR count). The molecule has 3 aliphatic heterocycles.